The smallest absolute Gasteiger partial charge is 0.119 e. The Morgan fingerprint density at radius 2 is 1.65 bits per heavy atom. The molecule has 0 aromatic heterocycles. The minimum absolute atomic E-state index is 0.108. The summed E-state index contributed by atoms with van der Waals surface area (Å²) in [6.45, 7) is 4.12. The number of ether oxygens (including phenoxy) is 1. The van der Waals surface area contributed by atoms with Crippen molar-refractivity contribution in [2.75, 3.05) is 0 Å². The van der Waals surface area contributed by atoms with Gasteiger partial charge in [0, 0.05) is 5.02 Å². The molecule has 2 rings (SSSR count). The number of rotatable bonds is 5. The summed E-state index contributed by atoms with van der Waals surface area (Å²) >= 11 is 5.85. The molecule has 0 aliphatic heterocycles. The van der Waals surface area contributed by atoms with Gasteiger partial charge in [-0.25, -0.2) is 0 Å². The molecule has 0 bridgehead atoms. The van der Waals surface area contributed by atoms with Gasteiger partial charge in [-0.05, 0) is 48.7 Å². The van der Waals surface area contributed by atoms with Crippen LogP contribution >= 0.6 is 11.6 Å². The fourth-order valence-electron chi connectivity index (χ4n) is 2.05. The lowest BCUT2D eigenvalue weighted by molar-refractivity contribution is 0.190. The van der Waals surface area contributed by atoms with E-state index in [1.807, 2.05) is 31.2 Å². The first-order valence-electron chi connectivity index (χ1n) is 6.86. The largest absolute Gasteiger partial charge is 0.489 e. The highest BCUT2D eigenvalue weighted by Crippen LogP contribution is 2.22. The van der Waals surface area contributed by atoms with Crippen LogP contribution in [0.3, 0.4) is 0 Å². The number of halogens is 1. The molecule has 0 spiro atoms. The summed E-state index contributed by atoms with van der Waals surface area (Å²) < 4.78 is 5.86. The van der Waals surface area contributed by atoms with Crippen molar-refractivity contribution < 1.29 is 4.74 Å². The van der Waals surface area contributed by atoms with Gasteiger partial charge in [0.2, 0.25) is 0 Å². The highest BCUT2D eigenvalue weighted by molar-refractivity contribution is 6.30. The van der Waals surface area contributed by atoms with E-state index in [1.54, 1.807) is 0 Å². The Bertz CT molecular complexity index is 536. The molecule has 2 nitrogen and oxygen atoms in total. The first kappa shape index (κ1) is 14.9. The van der Waals surface area contributed by atoms with Crippen molar-refractivity contribution in [2.24, 2.45) is 5.73 Å². The van der Waals surface area contributed by atoms with Crippen molar-refractivity contribution in [3.8, 4) is 5.75 Å². The lowest BCUT2D eigenvalue weighted by Crippen LogP contribution is -2.28. The van der Waals surface area contributed by atoms with Crippen LogP contribution in [-0.4, -0.2) is 6.10 Å². The maximum atomic E-state index is 6.26. The number of benzene rings is 2. The zero-order chi connectivity index (χ0) is 14.5. The summed E-state index contributed by atoms with van der Waals surface area (Å²) in [5.41, 5.74) is 8.66. The third-order valence-electron chi connectivity index (χ3n) is 3.41. The second kappa shape index (κ2) is 6.78. The van der Waals surface area contributed by atoms with E-state index in [-0.39, 0.29) is 12.1 Å². The SMILES string of the molecule is CCc1ccc(C(N)C(C)Oc2ccc(Cl)cc2)cc1. The lowest BCUT2D eigenvalue weighted by atomic mass is 10.0. The molecule has 2 aromatic rings. The van der Waals surface area contributed by atoms with Crippen LogP contribution in [0.2, 0.25) is 5.02 Å². The summed E-state index contributed by atoms with van der Waals surface area (Å²) in [7, 11) is 0. The standard InChI is InChI=1S/C17H20ClNO/c1-3-13-4-6-14(7-5-13)17(19)12(2)20-16-10-8-15(18)9-11-16/h4-12,17H,3,19H2,1-2H3. The molecule has 3 heteroatoms. The van der Waals surface area contributed by atoms with Crippen molar-refractivity contribution >= 4 is 11.6 Å². The van der Waals surface area contributed by atoms with E-state index in [0.29, 0.717) is 5.02 Å². The van der Waals surface area contributed by atoms with Crippen LogP contribution in [0.25, 0.3) is 0 Å². The molecule has 0 saturated heterocycles. The van der Waals surface area contributed by atoms with Gasteiger partial charge in [-0.15, -0.1) is 0 Å². The Morgan fingerprint density at radius 3 is 2.20 bits per heavy atom. The van der Waals surface area contributed by atoms with Gasteiger partial charge in [0.15, 0.2) is 0 Å². The minimum atomic E-state index is -0.156. The van der Waals surface area contributed by atoms with E-state index in [0.717, 1.165) is 17.7 Å². The predicted molar refractivity (Wildman–Crippen MR) is 84.3 cm³/mol. The van der Waals surface area contributed by atoms with Gasteiger partial charge in [-0.1, -0.05) is 42.8 Å². The molecule has 0 saturated carbocycles. The number of nitrogens with two attached hydrogens (primary N) is 1. The third-order valence-corrected chi connectivity index (χ3v) is 3.67. The monoisotopic (exact) mass is 289 g/mol. The zero-order valence-electron chi connectivity index (χ0n) is 11.8. The van der Waals surface area contributed by atoms with Gasteiger partial charge >= 0.3 is 0 Å². The van der Waals surface area contributed by atoms with Gasteiger partial charge in [-0.2, -0.15) is 0 Å². The molecule has 0 aliphatic rings. The van der Waals surface area contributed by atoms with Crippen LogP contribution in [0, 0.1) is 0 Å². The van der Waals surface area contributed by atoms with Crippen molar-refractivity contribution in [1.82, 2.24) is 0 Å². The Balaban J connectivity index is 2.03. The van der Waals surface area contributed by atoms with Gasteiger partial charge in [-0.3, -0.25) is 0 Å². The first-order valence-corrected chi connectivity index (χ1v) is 7.24. The Hall–Kier alpha value is -1.51. The van der Waals surface area contributed by atoms with Crippen LogP contribution in [0.15, 0.2) is 48.5 Å². The number of hydrogen-bond donors (Lipinski definition) is 1. The second-order valence-corrected chi connectivity index (χ2v) is 5.33. The summed E-state index contributed by atoms with van der Waals surface area (Å²) in [6.07, 6.45) is 0.926. The van der Waals surface area contributed by atoms with E-state index in [4.69, 9.17) is 22.1 Å². The highest BCUT2D eigenvalue weighted by atomic mass is 35.5. The molecular weight excluding hydrogens is 270 g/mol. The summed E-state index contributed by atoms with van der Waals surface area (Å²) in [5, 5.41) is 0.699. The predicted octanol–water partition coefficient (Wildman–Crippen LogP) is 4.37. The summed E-state index contributed by atoms with van der Waals surface area (Å²) in [4.78, 5) is 0. The quantitative estimate of drug-likeness (QED) is 0.887. The number of hydrogen-bond acceptors (Lipinski definition) is 2. The normalized spacial score (nSPS) is 13.8. The molecule has 0 heterocycles. The Kier molecular flexibility index (Phi) is 5.05. The second-order valence-electron chi connectivity index (χ2n) is 4.90. The van der Waals surface area contributed by atoms with Crippen LogP contribution in [0.5, 0.6) is 5.75 Å². The van der Waals surface area contributed by atoms with Gasteiger partial charge < -0.3 is 10.5 Å². The molecule has 106 valence electrons. The van der Waals surface area contributed by atoms with E-state index in [1.165, 1.54) is 5.56 Å². The van der Waals surface area contributed by atoms with Crippen molar-refractivity contribution in [3.05, 3.63) is 64.7 Å². The van der Waals surface area contributed by atoms with Crippen LogP contribution in [0.1, 0.15) is 31.0 Å². The van der Waals surface area contributed by atoms with E-state index < -0.39 is 0 Å². The van der Waals surface area contributed by atoms with Crippen LogP contribution in [0.4, 0.5) is 0 Å². The minimum Gasteiger partial charge on any atom is -0.489 e. The van der Waals surface area contributed by atoms with Crippen LogP contribution < -0.4 is 10.5 Å². The molecule has 0 radical (unpaired) electrons. The molecule has 2 atom stereocenters. The van der Waals surface area contributed by atoms with Crippen LogP contribution in [-0.2, 0) is 6.42 Å². The molecular formula is C17H20ClNO. The van der Waals surface area contributed by atoms with Gasteiger partial charge in [0.1, 0.15) is 11.9 Å². The van der Waals surface area contributed by atoms with E-state index in [2.05, 4.69) is 31.2 Å². The molecule has 2 aromatic carbocycles. The van der Waals surface area contributed by atoms with Crippen molar-refractivity contribution in [1.29, 1.82) is 0 Å². The average Bonchev–Trinajstić information content (AvgIpc) is 2.49. The van der Waals surface area contributed by atoms with E-state index >= 15 is 0 Å². The maximum absolute atomic E-state index is 6.26. The van der Waals surface area contributed by atoms with Gasteiger partial charge in [0.25, 0.3) is 0 Å². The fourth-order valence-corrected chi connectivity index (χ4v) is 2.17. The van der Waals surface area contributed by atoms with E-state index in [9.17, 15) is 0 Å². The van der Waals surface area contributed by atoms with Crippen molar-refractivity contribution in [2.45, 2.75) is 32.4 Å². The Morgan fingerprint density at radius 1 is 1.05 bits per heavy atom. The summed E-state index contributed by atoms with van der Waals surface area (Å²) in [5.74, 6) is 0.780. The van der Waals surface area contributed by atoms with Gasteiger partial charge in [0.05, 0.1) is 6.04 Å². The zero-order valence-corrected chi connectivity index (χ0v) is 12.6. The molecule has 2 unspecified atom stereocenters. The van der Waals surface area contributed by atoms with Crippen molar-refractivity contribution in [3.63, 3.8) is 0 Å². The molecule has 2 N–H and O–H groups in total. The third kappa shape index (κ3) is 3.75. The molecule has 0 amide bonds. The molecule has 0 aliphatic carbocycles. The molecule has 20 heavy (non-hydrogen) atoms. The summed E-state index contributed by atoms with van der Waals surface area (Å²) in [6, 6.07) is 15.6. The average molecular weight is 290 g/mol. The lowest BCUT2D eigenvalue weighted by Gasteiger charge is -2.22. The first-order chi connectivity index (χ1) is 9.60. The topological polar surface area (TPSA) is 35.2 Å². The highest BCUT2D eigenvalue weighted by Gasteiger charge is 2.16. The number of aryl methyl sites for hydroxylation is 1. The Labute approximate surface area is 125 Å². The fraction of sp³-hybridized carbons (Fsp3) is 0.294. The molecule has 0 fully saturated rings. The maximum Gasteiger partial charge on any atom is 0.119 e.